The number of fused-ring (bicyclic) bond motifs is 2. The van der Waals surface area contributed by atoms with Crippen LogP contribution < -0.4 is 4.74 Å². The van der Waals surface area contributed by atoms with Gasteiger partial charge < -0.3 is 9.84 Å². The smallest absolute Gasteiger partial charge is 0.127 e. The summed E-state index contributed by atoms with van der Waals surface area (Å²) in [5.41, 5.74) is 1.39. The third-order valence-electron chi connectivity index (χ3n) is 4.92. The van der Waals surface area contributed by atoms with Crippen molar-refractivity contribution in [3.05, 3.63) is 23.8 Å². The molecule has 2 nitrogen and oxygen atoms in total. The summed E-state index contributed by atoms with van der Waals surface area (Å²) in [6, 6.07) is 5.57. The molecule has 0 saturated heterocycles. The van der Waals surface area contributed by atoms with Crippen LogP contribution in [0.5, 0.6) is 11.5 Å². The van der Waals surface area contributed by atoms with E-state index in [9.17, 15) is 5.11 Å². The van der Waals surface area contributed by atoms with Crippen LogP contribution in [0.25, 0.3) is 0 Å². The summed E-state index contributed by atoms with van der Waals surface area (Å²) in [5.74, 6) is 2.54. The highest BCUT2D eigenvalue weighted by atomic mass is 16.5. The van der Waals surface area contributed by atoms with Crippen LogP contribution in [0.4, 0.5) is 0 Å². The molecule has 0 spiro atoms. The second-order valence-corrected chi connectivity index (χ2v) is 6.58. The summed E-state index contributed by atoms with van der Waals surface area (Å²) in [6.07, 6.45) is 4.02. The van der Waals surface area contributed by atoms with Gasteiger partial charge in [-0.05, 0) is 30.2 Å². The van der Waals surface area contributed by atoms with Crippen LogP contribution in [0.2, 0.25) is 0 Å². The summed E-state index contributed by atoms with van der Waals surface area (Å²) in [6.45, 7) is 6.95. The molecule has 1 heterocycles. The second-order valence-electron chi connectivity index (χ2n) is 6.58. The number of hydrogen-bond donors (Lipinski definition) is 1. The number of phenolic OH excluding ortho intramolecular Hbond substituents is 1. The van der Waals surface area contributed by atoms with E-state index in [1.165, 1.54) is 18.4 Å². The third-order valence-corrected chi connectivity index (χ3v) is 4.92. The lowest BCUT2D eigenvalue weighted by atomic mass is 9.63. The Morgan fingerprint density at radius 2 is 2.06 bits per heavy atom. The van der Waals surface area contributed by atoms with Gasteiger partial charge in [0.2, 0.25) is 0 Å². The maximum atomic E-state index is 9.63. The summed E-state index contributed by atoms with van der Waals surface area (Å²) in [4.78, 5) is 0. The van der Waals surface area contributed by atoms with E-state index in [1.807, 2.05) is 6.07 Å². The molecule has 0 bridgehead atoms. The van der Waals surface area contributed by atoms with E-state index < -0.39 is 0 Å². The van der Waals surface area contributed by atoms with Gasteiger partial charge in [-0.1, -0.05) is 33.3 Å². The van der Waals surface area contributed by atoms with Gasteiger partial charge in [0.05, 0.1) is 0 Å². The van der Waals surface area contributed by atoms with Crippen molar-refractivity contribution in [2.24, 2.45) is 11.8 Å². The normalized spacial score (nSPS) is 33.2. The van der Waals surface area contributed by atoms with Crippen molar-refractivity contribution >= 4 is 0 Å². The zero-order valence-electron chi connectivity index (χ0n) is 11.4. The van der Waals surface area contributed by atoms with Crippen molar-refractivity contribution in [2.75, 3.05) is 0 Å². The van der Waals surface area contributed by atoms with Gasteiger partial charge in [-0.15, -0.1) is 0 Å². The highest BCUT2D eigenvalue weighted by Gasteiger charge is 2.45. The van der Waals surface area contributed by atoms with E-state index >= 15 is 0 Å². The molecule has 1 fully saturated rings. The number of benzene rings is 1. The van der Waals surface area contributed by atoms with Gasteiger partial charge in [-0.2, -0.15) is 0 Å². The Bertz CT molecular complexity index is 464. The van der Waals surface area contributed by atoms with E-state index in [1.54, 1.807) is 12.1 Å². The van der Waals surface area contributed by atoms with Crippen LogP contribution in [-0.4, -0.2) is 11.2 Å². The molecule has 2 heteroatoms. The van der Waals surface area contributed by atoms with Gasteiger partial charge in [-0.3, -0.25) is 0 Å². The molecule has 0 aromatic heterocycles. The van der Waals surface area contributed by atoms with Gasteiger partial charge in [0.15, 0.2) is 0 Å². The number of phenols is 1. The average molecular weight is 246 g/mol. The maximum absolute atomic E-state index is 9.63. The quantitative estimate of drug-likeness (QED) is 0.753. The van der Waals surface area contributed by atoms with Crippen molar-refractivity contribution in [1.29, 1.82) is 0 Å². The summed E-state index contributed by atoms with van der Waals surface area (Å²) in [7, 11) is 0. The monoisotopic (exact) mass is 246 g/mol. The first kappa shape index (κ1) is 11.9. The molecular formula is C16H22O2. The molecule has 0 radical (unpaired) electrons. The minimum atomic E-state index is 0.145. The highest BCUT2D eigenvalue weighted by molar-refractivity contribution is 5.46. The lowest BCUT2D eigenvalue weighted by Gasteiger charge is -2.48. The first-order valence-electron chi connectivity index (χ1n) is 6.98. The highest BCUT2D eigenvalue weighted by Crippen LogP contribution is 2.50. The molecule has 0 amide bonds. The molecule has 1 N–H and O–H groups in total. The van der Waals surface area contributed by atoms with Gasteiger partial charge in [0.1, 0.15) is 17.6 Å². The standard InChI is InChI=1S/C16H22O2/c1-10-4-6-12-14(8-10)18-15-9-11(17)5-7-13(15)16(12,2)3/h5,7,9-10,12,14,17H,4,6,8H2,1-3H3/t10-,12-,14-/m1/s1. The minimum absolute atomic E-state index is 0.145. The molecule has 98 valence electrons. The van der Waals surface area contributed by atoms with Gasteiger partial charge >= 0.3 is 0 Å². The Morgan fingerprint density at radius 3 is 2.83 bits per heavy atom. The van der Waals surface area contributed by atoms with E-state index in [2.05, 4.69) is 20.8 Å². The van der Waals surface area contributed by atoms with Gasteiger partial charge in [-0.25, -0.2) is 0 Å². The fraction of sp³-hybridized carbons (Fsp3) is 0.625. The third kappa shape index (κ3) is 1.70. The first-order valence-corrected chi connectivity index (χ1v) is 6.98. The number of hydrogen-bond acceptors (Lipinski definition) is 2. The molecule has 1 aromatic rings. The zero-order chi connectivity index (χ0) is 12.9. The van der Waals surface area contributed by atoms with Gasteiger partial charge in [0.25, 0.3) is 0 Å². The Kier molecular flexibility index (Phi) is 2.58. The lowest BCUT2D eigenvalue weighted by Crippen LogP contribution is -2.47. The van der Waals surface area contributed by atoms with Crippen LogP contribution in [0, 0.1) is 11.8 Å². The van der Waals surface area contributed by atoms with Gasteiger partial charge in [0, 0.05) is 17.5 Å². The molecule has 0 unspecified atom stereocenters. The number of aromatic hydroxyl groups is 1. The molecule has 1 aromatic carbocycles. The van der Waals surface area contributed by atoms with E-state index in [0.717, 1.165) is 18.1 Å². The summed E-state index contributed by atoms with van der Waals surface area (Å²) >= 11 is 0. The van der Waals surface area contributed by atoms with E-state index in [-0.39, 0.29) is 5.41 Å². The zero-order valence-corrected chi connectivity index (χ0v) is 11.4. The van der Waals surface area contributed by atoms with Crippen LogP contribution in [0.3, 0.4) is 0 Å². The van der Waals surface area contributed by atoms with Crippen molar-refractivity contribution < 1.29 is 9.84 Å². The predicted octanol–water partition coefficient (Wildman–Crippen LogP) is 3.87. The molecule has 3 atom stereocenters. The largest absolute Gasteiger partial charge is 0.508 e. The van der Waals surface area contributed by atoms with E-state index in [0.29, 0.717) is 17.8 Å². The fourth-order valence-corrected chi connectivity index (χ4v) is 3.79. The van der Waals surface area contributed by atoms with Crippen LogP contribution in [0.1, 0.15) is 45.6 Å². The topological polar surface area (TPSA) is 29.5 Å². The minimum Gasteiger partial charge on any atom is -0.508 e. The maximum Gasteiger partial charge on any atom is 0.127 e. The molecule has 1 aliphatic heterocycles. The fourth-order valence-electron chi connectivity index (χ4n) is 3.79. The number of ether oxygens (including phenoxy) is 1. The lowest BCUT2D eigenvalue weighted by molar-refractivity contribution is 0.0108. The molecule has 18 heavy (non-hydrogen) atoms. The van der Waals surface area contributed by atoms with Crippen LogP contribution >= 0.6 is 0 Å². The Labute approximate surface area is 109 Å². The Hall–Kier alpha value is -1.18. The van der Waals surface area contributed by atoms with Crippen molar-refractivity contribution in [1.82, 2.24) is 0 Å². The summed E-state index contributed by atoms with van der Waals surface area (Å²) in [5, 5.41) is 9.63. The van der Waals surface area contributed by atoms with Crippen LogP contribution in [0.15, 0.2) is 18.2 Å². The molecule has 3 rings (SSSR count). The van der Waals surface area contributed by atoms with Crippen molar-refractivity contribution in [3.63, 3.8) is 0 Å². The first-order chi connectivity index (χ1) is 8.48. The predicted molar refractivity (Wildman–Crippen MR) is 72.1 cm³/mol. The molecule has 1 aliphatic carbocycles. The summed E-state index contributed by atoms with van der Waals surface area (Å²) < 4.78 is 6.16. The van der Waals surface area contributed by atoms with Crippen LogP contribution in [-0.2, 0) is 5.41 Å². The van der Waals surface area contributed by atoms with E-state index in [4.69, 9.17) is 4.74 Å². The average Bonchev–Trinajstić information content (AvgIpc) is 2.27. The SMILES string of the molecule is C[C@@H]1CC[C@@H]2[C@@H](C1)Oc1cc(O)ccc1C2(C)C. The second kappa shape index (κ2) is 3.91. The molecule has 2 aliphatic rings. The Morgan fingerprint density at radius 1 is 1.28 bits per heavy atom. The number of rotatable bonds is 0. The van der Waals surface area contributed by atoms with Crippen molar-refractivity contribution in [3.8, 4) is 11.5 Å². The Balaban J connectivity index is 2.04. The molecule has 1 saturated carbocycles. The van der Waals surface area contributed by atoms with Crippen molar-refractivity contribution in [2.45, 2.75) is 51.6 Å². The molecular weight excluding hydrogens is 224 g/mol.